The van der Waals surface area contributed by atoms with Gasteiger partial charge in [-0.15, -0.1) is 0 Å². The molecule has 0 aliphatic carbocycles. The summed E-state index contributed by atoms with van der Waals surface area (Å²) < 4.78 is 122. The molecule has 726 valence electrons. The van der Waals surface area contributed by atoms with Gasteiger partial charge in [-0.25, -0.2) is 48.7 Å². The van der Waals surface area contributed by atoms with E-state index in [4.69, 9.17) is 79.3 Å². The first-order valence-electron chi connectivity index (χ1n) is 39.7. The van der Waals surface area contributed by atoms with Crippen LogP contribution in [0.3, 0.4) is 0 Å². The molecule has 9 aromatic rings. The van der Waals surface area contributed by atoms with Gasteiger partial charge in [-0.2, -0.15) is 31.4 Å². The lowest BCUT2D eigenvalue weighted by Gasteiger charge is -2.32. The summed E-state index contributed by atoms with van der Waals surface area (Å²) in [4.78, 5) is 102. The summed E-state index contributed by atoms with van der Waals surface area (Å²) in [5, 5.41) is 71.9. The maximum Gasteiger partial charge on any atom is 0.416 e. The average Bonchev–Trinajstić information content (AvgIpc) is 1.68. The molecular weight excluding hydrogens is 2000 g/mol. The van der Waals surface area contributed by atoms with Crippen molar-refractivity contribution in [2.75, 3.05) is 90.7 Å². The van der Waals surface area contributed by atoms with Gasteiger partial charge in [0.05, 0.1) is 90.4 Å². The van der Waals surface area contributed by atoms with Crippen molar-refractivity contribution in [1.82, 2.24) is 53.3 Å². The second-order valence-electron chi connectivity index (χ2n) is 28.2. The molecule has 3 aromatic heterocycles. The summed E-state index contributed by atoms with van der Waals surface area (Å²) in [6.07, 6.45) is -4.43. The summed E-state index contributed by atoms with van der Waals surface area (Å²) in [5.74, 6) is 2.40. The van der Waals surface area contributed by atoms with Gasteiger partial charge in [-0.1, -0.05) is 124 Å². The minimum Gasteiger partial charge on any atom is -0.487 e. The number of nitro groups is 4. The molecule has 1 aliphatic rings. The summed E-state index contributed by atoms with van der Waals surface area (Å²) in [6.45, 7) is 20.1. The van der Waals surface area contributed by atoms with Crippen LogP contribution in [0, 0.1) is 45.9 Å². The molecule has 2 unspecified atom stereocenters. The summed E-state index contributed by atoms with van der Waals surface area (Å²) in [7, 11) is 7.31. The number of aromatic nitrogens is 6. The van der Waals surface area contributed by atoms with Gasteiger partial charge >= 0.3 is 36.3 Å². The first kappa shape index (κ1) is 114. The number of carbonyl (C=O) groups excluding carboxylic acids is 4. The summed E-state index contributed by atoms with van der Waals surface area (Å²) in [5.41, 5.74) is -5.20. The normalized spacial score (nSPS) is 12.4. The Morgan fingerprint density at radius 2 is 1.32 bits per heavy atom. The van der Waals surface area contributed by atoms with Crippen LogP contribution < -0.4 is 49.9 Å². The minimum absolute atomic E-state index is 0.0111. The molecule has 0 spiro atoms. The number of hydrogen-bond donors (Lipinski definition) is 5. The van der Waals surface area contributed by atoms with Crippen molar-refractivity contribution in [3.05, 3.63) is 225 Å². The smallest absolute Gasteiger partial charge is 0.416 e. The number of pyridine rings is 1. The first-order valence-corrected chi connectivity index (χ1v) is 46.0. The van der Waals surface area contributed by atoms with E-state index in [2.05, 4.69) is 51.2 Å². The number of nitro benzene ring substituents is 3. The molecule has 52 heteroatoms. The van der Waals surface area contributed by atoms with Crippen molar-refractivity contribution in [2.45, 2.75) is 125 Å². The molecule has 2 atom stereocenters. The standard InChI is InChI=1S/C15H11ClF3NO4.C14H18ClN3O2.C14H18N4O3.C13H16F3N3O4.C11H15NO3.C9H9ClIN5O2.C5H12NO3PS2/c1-2-23-14-8-10(4-5-12(14)20(21)22)24-13-6-3-9(7-11(13)16)15(17,18)19;1-14(2,3)12(19)13(18-9-16-8-17-18)20-11-6-4-10(15)5-7-11;1-3-4-9-15-13(19)18-11-8-6-5-7-10(11)16-12(18)17-14(20)21-2;1-3-5-17(6-4-2)12-10(18(20)21)7-9(13(14,15)16)8-11(12)19(22)23;1-8(2)14-9-6-4-5-7-10(9)15-11(13)12-3;10-8-2-1-7(5-12-8)6-14-3-4-15(11)9(14)13-16(17)18;1-6-5(7)4-12-10(11,8-2)9-3/h3-8H,2H2,1H3;4-9,12-13,19H,1-3H3;5-8H,3-4,9H2,1-2H3,(H,15,19)(H,16,17,20);7-8H,3-6H2,1-2H3;4-8H,1-3H3,(H,12,13);1-2,5H,3-4,6H2;4H2,1-3H3,(H,6,7). The van der Waals surface area contributed by atoms with E-state index in [0.29, 0.717) is 95.6 Å². The number of nitrogens with one attached hydrogen (secondary N) is 4. The van der Waals surface area contributed by atoms with Crippen LogP contribution in [0.15, 0.2) is 157 Å². The Morgan fingerprint density at radius 3 is 1.82 bits per heavy atom. The highest BCUT2D eigenvalue weighted by Crippen LogP contribution is 2.59. The number of benzene rings is 6. The van der Waals surface area contributed by atoms with Crippen molar-refractivity contribution in [3.8, 4) is 34.5 Å². The van der Waals surface area contributed by atoms with Crippen LogP contribution in [-0.2, 0) is 49.3 Å². The molecule has 6 aromatic carbocycles. The molecule has 0 radical (unpaired) electrons. The molecule has 1 saturated heterocycles. The van der Waals surface area contributed by atoms with E-state index in [9.17, 15) is 91.1 Å². The first-order chi connectivity index (χ1) is 62.7. The number of imidazole rings is 1. The fraction of sp³-hybridized carbons (Fsp3) is 0.395. The molecule has 133 heavy (non-hydrogen) atoms. The maximum absolute atomic E-state index is 12.8. The minimum atomic E-state index is -4.91. The van der Waals surface area contributed by atoms with Crippen LogP contribution in [-0.4, -0.2) is 185 Å². The Kier molecular flexibility index (Phi) is 47.8. The highest BCUT2D eigenvalue weighted by atomic mass is 127. The number of aliphatic hydroxyl groups is 1. The number of anilines is 2. The number of aliphatic hydroxyl groups excluding tert-OH is 1. The van der Waals surface area contributed by atoms with E-state index in [-0.39, 0.29) is 88.5 Å². The number of hydrazone groups is 1. The van der Waals surface area contributed by atoms with Gasteiger partial charge in [-0.3, -0.25) is 43.6 Å². The molecule has 1 fully saturated rings. The zero-order valence-electron chi connectivity index (χ0n) is 74.1. The highest BCUT2D eigenvalue weighted by Gasteiger charge is 2.40. The molecule has 0 bridgehead atoms. The monoisotopic (exact) mass is 2100 g/mol. The number of fused-ring (bicyclic) bond motifs is 1. The van der Waals surface area contributed by atoms with E-state index >= 15 is 0 Å². The van der Waals surface area contributed by atoms with Crippen molar-refractivity contribution in [1.29, 1.82) is 0 Å². The average molecular weight is 2100 g/mol. The van der Waals surface area contributed by atoms with E-state index in [1.54, 1.807) is 97.8 Å². The largest absolute Gasteiger partial charge is 0.487 e. The van der Waals surface area contributed by atoms with Crippen molar-refractivity contribution in [2.24, 2.45) is 10.5 Å². The predicted octanol–water partition coefficient (Wildman–Crippen LogP) is 20.0. The highest BCUT2D eigenvalue weighted by molar-refractivity contribution is 14.1. The lowest BCUT2D eigenvalue weighted by Crippen LogP contribution is -2.38. The number of hydrogen-bond acceptors (Lipinski definition) is 28. The Bertz CT molecular complexity index is 5330. The molecule has 4 amide bonds. The zero-order chi connectivity index (χ0) is 99.7. The van der Waals surface area contributed by atoms with Crippen LogP contribution in [0.25, 0.3) is 11.0 Å². The SMILES string of the molecule is CC(C)(C)C(O)C(Oc1ccc(Cl)cc1)n1cncn1.CCCCNC(=O)n1c(NC(=O)OC)nc2ccccc21.CCCN(CCC)c1c([N+](=O)[O-])cc(C(F)(F)F)cc1[N+](=O)[O-].CCOc1cc(Oc2ccc(C(F)(F)F)cc2Cl)ccc1[N+](=O)[O-].CNC(=O)CSP(=S)(OC)OC.CNC(=O)Oc1ccccc1OC(C)C.O=[N+]([O-])N=C1N(I)CCN1Cc1ccc(Cl)nc1. The van der Waals surface area contributed by atoms with E-state index in [1.807, 2.05) is 93.6 Å². The molecule has 4 heterocycles. The maximum atomic E-state index is 12.8. The van der Waals surface area contributed by atoms with Crippen LogP contribution in [0.1, 0.15) is 111 Å². The van der Waals surface area contributed by atoms with E-state index in [1.165, 1.54) is 84.8 Å². The van der Waals surface area contributed by atoms with E-state index in [0.717, 1.165) is 36.6 Å². The van der Waals surface area contributed by atoms with Crippen LogP contribution in [0.5, 0.6) is 34.5 Å². The number of halogens is 10. The third-order valence-corrected chi connectivity index (χ3v) is 24.4. The number of carbonyl (C=O) groups is 4. The molecular formula is C81H99Cl3F6IN18O21PS2. The molecule has 5 N–H and O–H groups in total. The van der Waals surface area contributed by atoms with Gasteiger partial charge in [0.2, 0.25) is 29.5 Å². The molecule has 39 nitrogen and oxygen atoms in total. The Labute approximate surface area is 798 Å². The number of alkyl halides is 6. The second-order valence-corrected chi connectivity index (χ2v) is 37.1. The third kappa shape index (κ3) is 38.2. The van der Waals surface area contributed by atoms with Crippen LogP contribution >= 0.6 is 74.7 Å². The third-order valence-electron chi connectivity index (χ3n) is 17.0. The topological polar surface area (TPSA) is 467 Å². The molecule has 0 saturated carbocycles. The number of nitrogens with zero attached hydrogens (tertiary/aromatic N) is 14. The number of rotatable bonds is 31. The quantitative estimate of drug-likeness (QED) is 0.00394. The van der Waals surface area contributed by atoms with E-state index < -0.39 is 84.9 Å². The summed E-state index contributed by atoms with van der Waals surface area (Å²) >= 11 is 25.6. The predicted molar refractivity (Wildman–Crippen MR) is 501 cm³/mol. The van der Waals surface area contributed by atoms with Gasteiger partial charge in [0.15, 0.2) is 22.2 Å². The van der Waals surface area contributed by atoms with Crippen molar-refractivity contribution < 1.29 is 108 Å². The number of amides is 4. The Balaban J connectivity index is 0.000000327. The zero-order valence-corrected chi connectivity index (χ0v) is 81.0. The van der Waals surface area contributed by atoms with Gasteiger partial charge in [0.1, 0.15) is 46.3 Å². The number of methoxy groups -OCH3 is 1. The van der Waals surface area contributed by atoms with Gasteiger partial charge in [0, 0.05) is 103 Å². The Morgan fingerprint density at radius 1 is 0.714 bits per heavy atom. The second kappa shape index (κ2) is 55.9. The van der Waals surface area contributed by atoms with Gasteiger partial charge < -0.3 is 68.3 Å². The lowest BCUT2D eigenvalue weighted by molar-refractivity contribution is -0.486. The molecule has 10 rings (SSSR count). The van der Waals surface area contributed by atoms with Crippen LogP contribution in [0.4, 0.5) is 69.4 Å². The van der Waals surface area contributed by atoms with Crippen LogP contribution in [0.2, 0.25) is 15.2 Å². The number of guanidine groups is 1. The van der Waals surface area contributed by atoms with Gasteiger partial charge in [-0.05, 0) is 142 Å². The fourth-order valence-corrected chi connectivity index (χ4v) is 14.5. The molecule has 1 aliphatic heterocycles. The number of unbranched alkanes of at least 4 members (excludes halogenated alkanes) is 1. The lowest BCUT2D eigenvalue weighted by atomic mass is 9.88. The number of ether oxygens (including phenoxy) is 6. The van der Waals surface area contributed by atoms with Gasteiger partial charge in [0.25, 0.3) is 17.3 Å². The van der Waals surface area contributed by atoms with Crippen molar-refractivity contribution >= 4 is 156 Å². The van der Waals surface area contributed by atoms with Crippen molar-refractivity contribution in [3.63, 3.8) is 0 Å². The number of para-hydroxylation sites is 4. The Hall–Kier alpha value is -11.5. The fourth-order valence-electron chi connectivity index (χ4n) is 10.8. The summed E-state index contributed by atoms with van der Waals surface area (Å²) in [6, 6.07) is 31.5.